The number of piperidine rings is 1. The average molecular weight is 543 g/mol. The van der Waals surface area contributed by atoms with Crippen LogP contribution in [0.4, 0.5) is 5.69 Å². The summed E-state index contributed by atoms with van der Waals surface area (Å²) in [6, 6.07) is 15.6. The van der Waals surface area contributed by atoms with Gasteiger partial charge >= 0.3 is 0 Å². The monoisotopic (exact) mass is 541 g/mol. The van der Waals surface area contributed by atoms with Crippen molar-refractivity contribution >= 4 is 51.3 Å². The molecule has 4 rings (SSSR count). The number of halogens is 1. The van der Waals surface area contributed by atoms with Crippen molar-refractivity contribution in [1.82, 2.24) is 10.2 Å². The van der Waals surface area contributed by atoms with Gasteiger partial charge in [-0.15, -0.1) is 0 Å². The molecule has 0 saturated carbocycles. The van der Waals surface area contributed by atoms with Gasteiger partial charge in [0, 0.05) is 29.0 Å². The molecule has 2 aromatic carbocycles. The first-order chi connectivity index (χ1) is 16.4. The number of para-hydroxylation sites is 1. The van der Waals surface area contributed by atoms with E-state index in [1.54, 1.807) is 4.90 Å². The molecule has 1 fully saturated rings. The van der Waals surface area contributed by atoms with Crippen molar-refractivity contribution in [3.8, 4) is 0 Å². The minimum Gasteiger partial charge on any atom is -0.355 e. The van der Waals surface area contributed by atoms with Gasteiger partial charge in [0.2, 0.25) is 5.91 Å². The fourth-order valence-corrected chi connectivity index (χ4v) is 6.35. The van der Waals surface area contributed by atoms with E-state index < -0.39 is 0 Å². The number of carbonyl (C=O) groups excluding carboxylic acids is 2. The summed E-state index contributed by atoms with van der Waals surface area (Å²) in [6.45, 7) is 8.55. The molecule has 1 saturated heterocycles. The molecule has 2 heterocycles. The number of nitrogens with zero attached hydrogens (tertiary/aromatic N) is 2. The fraction of sp³-hybridized carbons (Fsp3) is 0.407. The van der Waals surface area contributed by atoms with E-state index in [1.807, 2.05) is 54.6 Å². The number of anilines is 1. The molecule has 2 aliphatic rings. The second-order valence-corrected chi connectivity index (χ2v) is 11.4. The third kappa shape index (κ3) is 6.52. The molecule has 1 N–H and O–H groups in total. The Balaban J connectivity index is 1.38. The molecule has 2 aromatic rings. The predicted molar refractivity (Wildman–Crippen MR) is 144 cm³/mol. The first-order valence-corrected chi connectivity index (χ1v) is 13.5. The minimum absolute atomic E-state index is 0.0179. The number of benzene rings is 2. The summed E-state index contributed by atoms with van der Waals surface area (Å²) in [6.07, 6.45) is 4.10. The molecule has 0 unspecified atom stereocenters. The third-order valence-electron chi connectivity index (χ3n) is 6.20. The molecule has 0 aromatic heterocycles. The van der Waals surface area contributed by atoms with Gasteiger partial charge in [0.1, 0.15) is 6.54 Å². The average Bonchev–Trinajstić information content (AvgIpc) is 2.79. The molecule has 7 heteroatoms. The molecular formula is C27H32BrN3O2S. The van der Waals surface area contributed by atoms with Crippen molar-refractivity contribution in [2.45, 2.75) is 31.6 Å². The Morgan fingerprint density at radius 1 is 1.15 bits per heavy atom. The van der Waals surface area contributed by atoms with Gasteiger partial charge in [-0.3, -0.25) is 14.5 Å². The quantitative estimate of drug-likeness (QED) is 0.376. The molecule has 0 aliphatic carbocycles. The summed E-state index contributed by atoms with van der Waals surface area (Å²) < 4.78 is 0.959. The van der Waals surface area contributed by atoms with Crippen LogP contribution in [0.2, 0.25) is 0 Å². The van der Waals surface area contributed by atoms with Crippen LogP contribution >= 0.6 is 27.7 Å². The zero-order chi connectivity index (χ0) is 24.1. The van der Waals surface area contributed by atoms with Crippen molar-refractivity contribution < 1.29 is 9.59 Å². The van der Waals surface area contributed by atoms with E-state index in [1.165, 1.54) is 18.2 Å². The smallest absolute Gasteiger partial charge is 0.265 e. The summed E-state index contributed by atoms with van der Waals surface area (Å²) >= 11 is 4.94. The Bertz CT molecular complexity index is 1060. The number of likely N-dealkylation sites (tertiary alicyclic amines) is 1. The first kappa shape index (κ1) is 25.0. The first-order valence-electron chi connectivity index (χ1n) is 11.9. The maximum atomic E-state index is 13.3. The molecule has 0 bridgehead atoms. The molecular weight excluding hydrogens is 510 g/mol. The largest absolute Gasteiger partial charge is 0.355 e. The maximum Gasteiger partial charge on any atom is 0.265 e. The normalized spacial score (nSPS) is 22.0. The topological polar surface area (TPSA) is 52.7 Å². The lowest BCUT2D eigenvalue weighted by Gasteiger charge is -2.35. The van der Waals surface area contributed by atoms with Gasteiger partial charge in [-0.05, 0) is 67.1 Å². The van der Waals surface area contributed by atoms with Crippen LogP contribution < -0.4 is 10.2 Å². The standard InChI is InChI=1S/C27H32BrN3O2S/c1-19-13-20(2)17-30(16-19)12-6-11-29-26(32)18-31-23-9-3-4-10-24(23)34-25(27(31)33)15-21-7-5-8-22(28)14-21/h3-5,7-10,14-15,19-20H,6,11-13,16-18H2,1-2H3,(H,29,32)/b25-15+/t19-,20-/m1/s1. The van der Waals surface area contributed by atoms with Gasteiger partial charge < -0.3 is 10.2 Å². The van der Waals surface area contributed by atoms with Gasteiger partial charge in [-0.1, -0.05) is 65.8 Å². The predicted octanol–water partition coefficient (Wildman–Crippen LogP) is 5.41. The summed E-state index contributed by atoms with van der Waals surface area (Å²) in [5.74, 6) is 1.20. The van der Waals surface area contributed by atoms with E-state index in [4.69, 9.17) is 0 Å². The molecule has 34 heavy (non-hydrogen) atoms. The lowest BCUT2D eigenvalue weighted by Crippen LogP contribution is -2.43. The second-order valence-electron chi connectivity index (χ2n) is 9.43. The number of hydrogen-bond acceptors (Lipinski definition) is 4. The number of nitrogens with one attached hydrogen (secondary N) is 1. The Kier molecular flexibility index (Phi) is 8.51. The highest BCUT2D eigenvalue weighted by Gasteiger charge is 2.30. The van der Waals surface area contributed by atoms with Crippen molar-refractivity contribution in [2.75, 3.05) is 37.6 Å². The molecule has 0 spiro atoms. The van der Waals surface area contributed by atoms with Crippen LogP contribution in [0.15, 0.2) is 62.8 Å². The fourth-order valence-electron chi connectivity index (χ4n) is 4.87. The summed E-state index contributed by atoms with van der Waals surface area (Å²) in [4.78, 5) is 31.8. The van der Waals surface area contributed by atoms with Crippen LogP contribution in [0.25, 0.3) is 6.08 Å². The van der Waals surface area contributed by atoms with Crippen molar-refractivity contribution in [3.63, 3.8) is 0 Å². The number of carbonyl (C=O) groups is 2. The number of rotatable bonds is 7. The van der Waals surface area contributed by atoms with Crippen molar-refractivity contribution in [2.24, 2.45) is 11.8 Å². The van der Waals surface area contributed by atoms with Gasteiger partial charge in [-0.2, -0.15) is 0 Å². The Morgan fingerprint density at radius 3 is 2.68 bits per heavy atom. The zero-order valence-electron chi connectivity index (χ0n) is 19.8. The number of fused-ring (bicyclic) bond motifs is 1. The van der Waals surface area contributed by atoms with E-state index in [9.17, 15) is 9.59 Å². The highest BCUT2D eigenvalue weighted by atomic mass is 79.9. The summed E-state index contributed by atoms with van der Waals surface area (Å²) in [5.41, 5.74) is 1.73. The number of hydrogen-bond donors (Lipinski definition) is 1. The van der Waals surface area contributed by atoms with Gasteiger partial charge in [0.25, 0.3) is 5.91 Å². The molecule has 2 amide bonds. The zero-order valence-corrected chi connectivity index (χ0v) is 22.2. The Hall–Kier alpha value is -2.09. The van der Waals surface area contributed by atoms with Gasteiger partial charge in [0.15, 0.2) is 0 Å². The van der Waals surface area contributed by atoms with E-state index in [-0.39, 0.29) is 18.4 Å². The molecule has 180 valence electrons. The number of amides is 2. The van der Waals surface area contributed by atoms with E-state index in [0.29, 0.717) is 11.4 Å². The SMILES string of the molecule is C[C@@H]1C[C@@H](C)CN(CCCNC(=O)CN2C(=O)/C(=C\c3cccc(Br)c3)Sc3ccccc32)C1. The maximum absolute atomic E-state index is 13.3. The summed E-state index contributed by atoms with van der Waals surface area (Å²) in [5, 5.41) is 3.02. The Labute approximate surface area is 215 Å². The van der Waals surface area contributed by atoms with E-state index in [2.05, 4.69) is 40.0 Å². The van der Waals surface area contributed by atoms with Crippen LogP contribution in [0, 0.1) is 11.8 Å². The molecule has 0 radical (unpaired) electrons. The lowest BCUT2D eigenvalue weighted by molar-refractivity contribution is -0.122. The van der Waals surface area contributed by atoms with Gasteiger partial charge in [0.05, 0.1) is 10.6 Å². The van der Waals surface area contributed by atoms with Crippen LogP contribution in [0.5, 0.6) is 0 Å². The van der Waals surface area contributed by atoms with Crippen molar-refractivity contribution in [3.05, 3.63) is 63.5 Å². The van der Waals surface area contributed by atoms with E-state index in [0.717, 1.165) is 58.5 Å². The van der Waals surface area contributed by atoms with Crippen LogP contribution in [0.3, 0.4) is 0 Å². The molecule has 5 nitrogen and oxygen atoms in total. The van der Waals surface area contributed by atoms with Crippen LogP contribution in [-0.2, 0) is 9.59 Å². The van der Waals surface area contributed by atoms with Crippen molar-refractivity contribution in [1.29, 1.82) is 0 Å². The molecule has 2 atom stereocenters. The summed E-state index contributed by atoms with van der Waals surface area (Å²) in [7, 11) is 0. The third-order valence-corrected chi connectivity index (χ3v) is 7.77. The van der Waals surface area contributed by atoms with Gasteiger partial charge in [-0.25, -0.2) is 0 Å². The Morgan fingerprint density at radius 2 is 1.91 bits per heavy atom. The lowest BCUT2D eigenvalue weighted by atomic mass is 9.92. The van der Waals surface area contributed by atoms with Crippen LogP contribution in [-0.4, -0.2) is 49.4 Å². The number of thioether (sulfide) groups is 1. The highest BCUT2D eigenvalue weighted by Crippen LogP contribution is 2.42. The minimum atomic E-state index is -0.143. The molecule has 2 aliphatic heterocycles. The van der Waals surface area contributed by atoms with Crippen LogP contribution in [0.1, 0.15) is 32.3 Å². The highest BCUT2D eigenvalue weighted by molar-refractivity contribution is 9.10. The second kappa shape index (κ2) is 11.6. The van der Waals surface area contributed by atoms with E-state index >= 15 is 0 Å².